The first-order valence-electron chi connectivity index (χ1n) is 6.09. The number of nitrogens with zero attached hydrogens (tertiary/aromatic N) is 2. The molecule has 0 aromatic carbocycles. The Morgan fingerprint density at radius 2 is 2.50 bits per heavy atom. The lowest BCUT2D eigenvalue weighted by Crippen LogP contribution is -2.40. The van der Waals surface area contributed by atoms with Crippen molar-refractivity contribution in [2.45, 2.75) is 12.8 Å². The lowest BCUT2D eigenvalue weighted by Gasteiger charge is -2.32. The first-order chi connectivity index (χ1) is 8.76. The third kappa shape index (κ3) is 2.75. The van der Waals surface area contributed by atoms with Gasteiger partial charge in [0.15, 0.2) is 0 Å². The Morgan fingerprint density at radius 3 is 3.22 bits per heavy atom. The fourth-order valence-electron chi connectivity index (χ4n) is 2.27. The molecular formula is C13H17ClN2O2. The summed E-state index contributed by atoms with van der Waals surface area (Å²) in [6.07, 6.45) is 5.28. The molecule has 2 rings (SSSR count). The average Bonchev–Trinajstić information content (AvgIpc) is 2.46. The number of piperidine rings is 1. The number of carbonyl (C=O) groups excluding carboxylic acids is 1. The van der Waals surface area contributed by atoms with Crippen LogP contribution in [-0.4, -0.2) is 41.9 Å². The predicted octanol–water partition coefficient (Wildman–Crippen LogP) is 2.18. The predicted molar refractivity (Wildman–Crippen MR) is 70.1 cm³/mol. The number of methoxy groups -OCH3 is 1. The monoisotopic (exact) mass is 268 g/mol. The van der Waals surface area contributed by atoms with Gasteiger partial charge in [-0.15, -0.1) is 11.6 Å². The lowest BCUT2D eigenvalue weighted by molar-refractivity contribution is 0.0681. The minimum atomic E-state index is 0.00377. The number of pyridine rings is 1. The van der Waals surface area contributed by atoms with Crippen LogP contribution in [0.4, 0.5) is 0 Å². The van der Waals surface area contributed by atoms with E-state index in [-0.39, 0.29) is 5.91 Å². The normalized spacial score (nSPS) is 19.7. The van der Waals surface area contributed by atoms with Crippen molar-refractivity contribution < 1.29 is 9.53 Å². The summed E-state index contributed by atoms with van der Waals surface area (Å²) in [5, 5.41) is 0. The van der Waals surface area contributed by atoms with Gasteiger partial charge >= 0.3 is 0 Å². The van der Waals surface area contributed by atoms with Gasteiger partial charge in [-0.3, -0.25) is 9.78 Å². The molecule has 4 nitrogen and oxygen atoms in total. The van der Waals surface area contributed by atoms with E-state index < -0.39 is 0 Å². The summed E-state index contributed by atoms with van der Waals surface area (Å²) in [6, 6.07) is 1.70. The Morgan fingerprint density at radius 1 is 1.67 bits per heavy atom. The molecule has 1 amide bonds. The molecule has 98 valence electrons. The maximum absolute atomic E-state index is 12.4. The van der Waals surface area contributed by atoms with Crippen LogP contribution in [0.5, 0.6) is 5.75 Å². The highest BCUT2D eigenvalue weighted by atomic mass is 35.5. The molecule has 1 aliphatic heterocycles. The zero-order valence-electron chi connectivity index (χ0n) is 10.4. The van der Waals surface area contributed by atoms with Gasteiger partial charge in [-0.2, -0.15) is 0 Å². The van der Waals surface area contributed by atoms with Crippen LogP contribution in [0, 0.1) is 5.92 Å². The largest absolute Gasteiger partial charge is 0.494 e. The van der Waals surface area contributed by atoms with Gasteiger partial charge in [0, 0.05) is 25.2 Å². The number of halogens is 1. The van der Waals surface area contributed by atoms with Crippen molar-refractivity contribution in [2.24, 2.45) is 5.92 Å². The molecular weight excluding hydrogens is 252 g/mol. The molecule has 1 aromatic heterocycles. The Bertz CT molecular complexity index is 425. The number of hydrogen-bond acceptors (Lipinski definition) is 3. The second-order valence-corrected chi connectivity index (χ2v) is 4.80. The van der Waals surface area contributed by atoms with Crippen molar-refractivity contribution in [1.82, 2.24) is 9.88 Å². The molecule has 1 aromatic rings. The molecule has 0 N–H and O–H groups in total. The van der Waals surface area contributed by atoms with Gasteiger partial charge in [0.2, 0.25) is 0 Å². The van der Waals surface area contributed by atoms with E-state index in [1.54, 1.807) is 25.6 Å². The number of amides is 1. The maximum atomic E-state index is 12.4. The summed E-state index contributed by atoms with van der Waals surface area (Å²) in [7, 11) is 1.55. The SMILES string of the molecule is COc1cnccc1C(=O)N1CCCC(CCl)C1. The lowest BCUT2D eigenvalue weighted by atomic mass is 9.99. The third-order valence-corrected chi connectivity index (χ3v) is 3.70. The van der Waals surface area contributed by atoms with Crippen molar-refractivity contribution in [3.8, 4) is 5.75 Å². The first-order valence-corrected chi connectivity index (χ1v) is 6.63. The van der Waals surface area contributed by atoms with Crippen LogP contribution in [0.15, 0.2) is 18.5 Å². The fraction of sp³-hybridized carbons (Fsp3) is 0.538. The molecule has 2 heterocycles. The van der Waals surface area contributed by atoms with E-state index in [1.807, 2.05) is 4.90 Å². The van der Waals surface area contributed by atoms with E-state index >= 15 is 0 Å². The van der Waals surface area contributed by atoms with Crippen LogP contribution in [0.2, 0.25) is 0 Å². The van der Waals surface area contributed by atoms with Crippen molar-refractivity contribution in [3.63, 3.8) is 0 Å². The number of likely N-dealkylation sites (tertiary alicyclic amines) is 1. The molecule has 1 atom stereocenters. The van der Waals surface area contributed by atoms with E-state index in [1.165, 1.54) is 0 Å². The van der Waals surface area contributed by atoms with Crippen LogP contribution in [0.25, 0.3) is 0 Å². The second-order valence-electron chi connectivity index (χ2n) is 4.49. The Hall–Kier alpha value is -1.29. The van der Waals surface area contributed by atoms with Gasteiger partial charge < -0.3 is 9.64 Å². The van der Waals surface area contributed by atoms with Gasteiger partial charge in [0.25, 0.3) is 5.91 Å². The Kier molecular flexibility index (Phi) is 4.42. The zero-order valence-corrected chi connectivity index (χ0v) is 11.2. The number of rotatable bonds is 3. The van der Waals surface area contributed by atoms with Crippen molar-refractivity contribution >= 4 is 17.5 Å². The van der Waals surface area contributed by atoms with Crippen molar-refractivity contribution in [1.29, 1.82) is 0 Å². The van der Waals surface area contributed by atoms with Crippen molar-refractivity contribution in [3.05, 3.63) is 24.0 Å². The maximum Gasteiger partial charge on any atom is 0.257 e. The molecule has 1 saturated heterocycles. The van der Waals surface area contributed by atoms with Gasteiger partial charge in [-0.25, -0.2) is 0 Å². The smallest absolute Gasteiger partial charge is 0.257 e. The van der Waals surface area contributed by atoms with Gasteiger partial charge in [0.1, 0.15) is 5.75 Å². The highest BCUT2D eigenvalue weighted by Gasteiger charge is 2.25. The van der Waals surface area contributed by atoms with Crippen LogP contribution < -0.4 is 4.74 Å². The van der Waals surface area contributed by atoms with Gasteiger partial charge in [0.05, 0.1) is 18.9 Å². The molecule has 0 radical (unpaired) electrons. The molecule has 0 bridgehead atoms. The topological polar surface area (TPSA) is 42.4 Å². The summed E-state index contributed by atoms with van der Waals surface area (Å²) >= 11 is 5.88. The molecule has 0 aliphatic carbocycles. The summed E-state index contributed by atoms with van der Waals surface area (Å²) in [4.78, 5) is 18.2. The molecule has 1 aliphatic rings. The number of ether oxygens (including phenoxy) is 1. The molecule has 5 heteroatoms. The first kappa shape index (κ1) is 13.1. The average molecular weight is 269 g/mol. The van der Waals surface area contributed by atoms with E-state index in [4.69, 9.17) is 16.3 Å². The quantitative estimate of drug-likeness (QED) is 0.789. The number of hydrogen-bond donors (Lipinski definition) is 0. The summed E-state index contributed by atoms with van der Waals surface area (Å²) < 4.78 is 5.17. The molecule has 1 unspecified atom stereocenters. The zero-order chi connectivity index (χ0) is 13.0. The number of aromatic nitrogens is 1. The van der Waals surface area contributed by atoms with E-state index in [0.717, 1.165) is 25.9 Å². The summed E-state index contributed by atoms with van der Waals surface area (Å²) in [6.45, 7) is 1.52. The molecule has 0 spiro atoms. The van der Waals surface area contributed by atoms with E-state index in [0.29, 0.717) is 23.1 Å². The highest BCUT2D eigenvalue weighted by Crippen LogP contribution is 2.23. The van der Waals surface area contributed by atoms with Crippen LogP contribution in [-0.2, 0) is 0 Å². The van der Waals surface area contributed by atoms with Crippen LogP contribution >= 0.6 is 11.6 Å². The highest BCUT2D eigenvalue weighted by molar-refractivity contribution is 6.18. The van der Waals surface area contributed by atoms with Gasteiger partial charge in [-0.1, -0.05) is 0 Å². The number of carbonyl (C=O) groups is 1. The van der Waals surface area contributed by atoms with Crippen LogP contribution in [0.1, 0.15) is 23.2 Å². The molecule has 0 saturated carbocycles. The Balaban J connectivity index is 2.15. The molecule has 1 fully saturated rings. The van der Waals surface area contributed by atoms with Crippen molar-refractivity contribution in [2.75, 3.05) is 26.1 Å². The minimum Gasteiger partial charge on any atom is -0.494 e. The van der Waals surface area contributed by atoms with E-state index in [2.05, 4.69) is 4.98 Å². The minimum absolute atomic E-state index is 0.00377. The third-order valence-electron chi connectivity index (χ3n) is 3.26. The van der Waals surface area contributed by atoms with Gasteiger partial charge in [-0.05, 0) is 24.8 Å². The Labute approximate surface area is 112 Å². The summed E-state index contributed by atoms with van der Waals surface area (Å²) in [5.74, 6) is 1.54. The fourth-order valence-corrected chi connectivity index (χ4v) is 2.52. The summed E-state index contributed by atoms with van der Waals surface area (Å²) in [5.41, 5.74) is 0.572. The molecule has 18 heavy (non-hydrogen) atoms. The number of alkyl halides is 1. The van der Waals surface area contributed by atoms with E-state index in [9.17, 15) is 4.79 Å². The standard InChI is InChI=1S/C13H17ClN2O2/c1-18-12-8-15-5-4-11(12)13(17)16-6-2-3-10(7-14)9-16/h4-5,8,10H,2-3,6-7,9H2,1H3. The van der Waals surface area contributed by atoms with Crippen LogP contribution in [0.3, 0.4) is 0 Å². The second kappa shape index (κ2) is 6.05.